The Kier molecular flexibility index (Phi) is 7.01. The van der Waals surface area contributed by atoms with Crippen LogP contribution in [0, 0.1) is 0 Å². The molecule has 0 saturated carbocycles. The van der Waals surface area contributed by atoms with Crippen LogP contribution in [0.4, 0.5) is 10.5 Å². The number of carbonyl (C=O) groups is 3. The van der Waals surface area contributed by atoms with Gasteiger partial charge >= 0.3 is 12.1 Å². The molecule has 4 rings (SSSR count). The van der Waals surface area contributed by atoms with Gasteiger partial charge in [-0.1, -0.05) is 61.9 Å². The number of rotatable bonds is 8. The van der Waals surface area contributed by atoms with E-state index in [2.05, 4.69) is 22.8 Å². The van der Waals surface area contributed by atoms with Gasteiger partial charge in [0.05, 0.1) is 0 Å². The largest absolute Gasteiger partial charge is 0.507 e. The molecule has 1 unspecified atom stereocenters. The molecule has 1 aliphatic rings. The van der Waals surface area contributed by atoms with Gasteiger partial charge in [-0.15, -0.1) is 0 Å². The fourth-order valence-electron chi connectivity index (χ4n) is 4.35. The third kappa shape index (κ3) is 5.11. The molecule has 8 nitrogen and oxygen atoms in total. The van der Waals surface area contributed by atoms with Gasteiger partial charge in [0.2, 0.25) is 5.91 Å². The number of fused-ring (bicyclic) bond motifs is 3. The second kappa shape index (κ2) is 10.3. The summed E-state index contributed by atoms with van der Waals surface area (Å²) in [4.78, 5) is 36.7. The number of hydrogen-bond acceptors (Lipinski definition) is 5. The quantitative estimate of drug-likeness (QED) is 0.350. The van der Waals surface area contributed by atoms with Crippen LogP contribution in [0.25, 0.3) is 11.1 Å². The summed E-state index contributed by atoms with van der Waals surface area (Å²) >= 11 is 0. The number of ether oxygens (including phenoxy) is 1. The van der Waals surface area contributed by atoms with Gasteiger partial charge in [0.1, 0.15) is 24.0 Å². The van der Waals surface area contributed by atoms with Crippen LogP contribution in [-0.4, -0.2) is 40.8 Å². The molecule has 0 spiro atoms. The van der Waals surface area contributed by atoms with Gasteiger partial charge in [0.25, 0.3) is 0 Å². The Hall–Kier alpha value is -4.33. The highest BCUT2D eigenvalue weighted by Crippen LogP contribution is 2.44. The van der Waals surface area contributed by atoms with Crippen LogP contribution < -0.4 is 10.6 Å². The van der Waals surface area contributed by atoms with Crippen molar-refractivity contribution in [3.05, 3.63) is 83.4 Å². The predicted molar refractivity (Wildman–Crippen MR) is 131 cm³/mol. The highest BCUT2D eigenvalue weighted by atomic mass is 16.5. The first-order chi connectivity index (χ1) is 16.9. The Morgan fingerprint density at radius 3 is 2.20 bits per heavy atom. The molecule has 0 heterocycles. The number of nitrogens with one attached hydrogen (secondary N) is 2. The zero-order valence-corrected chi connectivity index (χ0v) is 19.2. The Bertz CT molecular complexity index is 1230. The monoisotopic (exact) mass is 474 g/mol. The lowest BCUT2D eigenvalue weighted by molar-refractivity contribution is -0.118. The molecule has 8 heteroatoms. The van der Waals surface area contributed by atoms with E-state index in [-0.39, 0.29) is 23.8 Å². The first-order valence-corrected chi connectivity index (χ1v) is 11.4. The van der Waals surface area contributed by atoms with E-state index in [1.54, 1.807) is 0 Å². The summed E-state index contributed by atoms with van der Waals surface area (Å²) < 4.78 is 5.54. The zero-order chi connectivity index (χ0) is 24.9. The molecule has 0 radical (unpaired) electrons. The number of carbonyl (C=O) groups excluding carboxylic acids is 2. The second-order valence-electron chi connectivity index (χ2n) is 8.34. The molecule has 4 N–H and O–H groups in total. The average molecular weight is 475 g/mol. The topological polar surface area (TPSA) is 125 Å². The minimum Gasteiger partial charge on any atom is -0.507 e. The second-order valence-corrected chi connectivity index (χ2v) is 8.34. The third-order valence-corrected chi connectivity index (χ3v) is 6.02. The van der Waals surface area contributed by atoms with E-state index in [0.29, 0.717) is 12.8 Å². The maximum absolute atomic E-state index is 12.8. The molecule has 3 aromatic carbocycles. The molecular weight excluding hydrogens is 448 g/mol. The maximum atomic E-state index is 12.8. The number of benzene rings is 3. The van der Waals surface area contributed by atoms with E-state index >= 15 is 0 Å². The van der Waals surface area contributed by atoms with Crippen molar-refractivity contribution in [1.82, 2.24) is 5.32 Å². The molecule has 0 bridgehead atoms. The van der Waals surface area contributed by atoms with E-state index < -0.39 is 29.8 Å². The fraction of sp³-hybridized carbons (Fsp3) is 0.222. The van der Waals surface area contributed by atoms with Crippen LogP contribution in [-0.2, 0) is 9.53 Å². The average Bonchev–Trinajstić information content (AvgIpc) is 3.17. The van der Waals surface area contributed by atoms with Crippen molar-refractivity contribution in [3.63, 3.8) is 0 Å². The van der Waals surface area contributed by atoms with Gasteiger partial charge in [-0.25, -0.2) is 9.59 Å². The lowest BCUT2D eigenvalue weighted by Crippen LogP contribution is -2.44. The Morgan fingerprint density at radius 1 is 0.971 bits per heavy atom. The van der Waals surface area contributed by atoms with Gasteiger partial charge in [-0.3, -0.25) is 4.79 Å². The highest BCUT2D eigenvalue weighted by Gasteiger charge is 2.29. The Morgan fingerprint density at radius 2 is 1.60 bits per heavy atom. The first-order valence-electron chi connectivity index (χ1n) is 11.4. The molecule has 2 amide bonds. The number of aromatic carboxylic acids is 1. The summed E-state index contributed by atoms with van der Waals surface area (Å²) in [6.07, 6.45) is 0.273. The lowest BCUT2D eigenvalue weighted by atomic mass is 9.98. The normalized spacial score (nSPS) is 12.8. The fourth-order valence-corrected chi connectivity index (χ4v) is 4.35. The maximum Gasteiger partial charge on any atom is 0.407 e. The van der Waals surface area contributed by atoms with Gasteiger partial charge in [0, 0.05) is 11.6 Å². The standard InChI is InChI=1S/C27H26N2O6/c1-2-7-23(25(31)28-16-12-13-24(30)21(14-16)26(32)33)29-27(34)35-15-22-19-10-5-3-8-17(19)18-9-4-6-11-20(18)22/h3-6,8-14,22-23,30H,2,7,15H2,1H3,(H,28,31)(H,29,34)(H,32,33). The number of carboxylic acid groups (broad SMARTS) is 1. The van der Waals surface area contributed by atoms with Crippen LogP contribution in [0.15, 0.2) is 66.7 Å². The highest BCUT2D eigenvalue weighted by molar-refractivity contribution is 5.98. The van der Waals surface area contributed by atoms with E-state index in [9.17, 15) is 19.5 Å². The van der Waals surface area contributed by atoms with Crippen LogP contribution in [0.5, 0.6) is 5.75 Å². The number of anilines is 1. The van der Waals surface area contributed by atoms with Crippen LogP contribution >= 0.6 is 0 Å². The number of phenols is 1. The predicted octanol–water partition coefficient (Wildman–Crippen LogP) is 4.74. The minimum absolute atomic E-state index is 0.0990. The van der Waals surface area contributed by atoms with Crippen molar-refractivity contribution in [2.45, 2.75) is 31.7 Å². The Labute approximate surface area is 202 Å². The van der Waals surface area contributed by atoms with Crippen molar-refractivity contribution in [3.8, 4) is 16.9 Å². The number of aromatic hydroxyl groups is 1. The van der Waals surface area contributed by atoms with Crippen LogP contribution in [0.3, 0.4) is 0 Å². The number of alkyl carbamates (subject to hydrolysis) is 1. The lowest BCUT2D eigenvalue weighted by Gasteiger charge is -2.19. The van der Waals surface area contributed by atoms with E-state index in [0.717, 1.165) is 28.3 Å². The molecule has 0 fully saturated rings. The van der Waals surface area contributed by atoms with Crippen molar-refractivity contribution in [2.24, 2.45) is 0 Å². The summed E-state index contributed by atoms with van der Waals surface area (Å²) in [6.45, 7) is 2.00. The van der Waals surface area contributed by atoms with E-state index in [1.165, 1.54) is 12.1 Å². The summed E-state index contributed by atoms with van der Waals surface area (Å²) in [5.41, 5.74) is 4.28. The molecule has 1 atom stereocenters. The molecular formula is C27H26N2O6. The molecule has 35 heavy (non-hydrogen) atoms. The Balaban J connectivity index is 1.41. The third-order valence-electron chi connectivity index (χ3n) is 6.02. The molecule has 3 aromatic rings. The SMILES string of the molecule is CCCC(NC(=O)OCC1c2ccccc2-c2ccccc21)C(=O)Nc1ccc(O)c(C(=O)O)c1. The minimum atomic E-state index is -1.32. The number of carboxylic acids is 1. The van der Waals surface area contributed by atoms with Crippen LogP contribution in [0.1, 0.15) is 47.2 Å². The summed E-state index contributed by atoms with van der Waals surface area (Å²) in [6, 6.07) is 18.9. The van der Waals surface area contributed by atoms with Gasteiger partial charge in [-0.05, 0) is 46.9 Å². The molecule has 0 aromatic heterocycles. The summed E-state index contributed by atoms with van der Waals surface area (Å²) in [5.74, 6) is -2.33. The van der Waals surface area contributed by atoms with Gasteiger partial charge < -0.3 is 25.6 Å². The van der Waals surface area contributed by atoms with E-state index in [1.807, 2.05) is 43.3 Å². The zero-order valence-electron chi connectivity index (χ0n) is 19.2. The van der Waals surface area contributed by atoms with Crippen molar-refractivity contribution < 1.29 is 29.3 Å². The first kappa shape index (κ1) is 23.8. The summed E-state index contributed by atoms with van der Waals surface area (Å²) in [5, 5.41) is 24.0. The molecule has 0 saturated heterocycles. The molecule has 0 aliphatic heterocycles. The van der Waals surface area contributed by atoms with Gasteiger partial charge in [-0.2, -0.15) is 0 Å². The van der Waals surface area contributed by atoms with Crippen molar-refractivity contribution in [2.75, 3.05) is 11.9 Å². The van der Waals surface area contributed by atoms with Crippen molar-refractivity contribution in [1.29, 1.82) is 0 Å². The van der Waals surface area contributed by atoms with Gasteiger partial charge in [0.15, 0.2) is 0 Å². The number of amides is 2. The number of hydrogen-bond donors (Lipinski definition) is 4. The van der Waals surface area contributed by atoms with Crippen LogP contribution in [0.2, 0.25) is 0 Å². The van der Waals surface area contributed by atoms with Crippen molar-refractivity contribution >= 4 is 23.7 Å². The summed E-state index contributed by atoms with van der Waals surface area (Å²) in [7, 11) is 0. The van der Waals surface area contributed by atoms with E-state index in [4.69, 9.17) is 9.84 Å². The smallest absolute Gasteiger partial charge is 0.407 e. The molecule has 1 aliphatic carbocycles. The molecule has 180 valence electrons.